The van der Waals surface area contributed by atoms with Gasteiger partial charge in [-0.2, -0.15) is 0 Å². The minimum atomic E-state index is 0.0777. The van der Waals surface area contributed by atoms with Gasteiger partial charge in [-0.3, -0.25) is 4.79 Å². The molecule has 114 valence electrons. The fourth-order valence-electron chi connectivity index (χ4n) is 3.56. The average Bonchev–Trinajstić information content (AvgIpc) is 2.96. The number of benzene rings is 1. The van der Waals surface area contributed by atoms with E-state index in [-0.39, 0.29) is 5.91 Å². The second-order valence-electron chi connectivity index (χ2n) is 6.72. The Balaban J connectivity index is 1.46. The van der Waals surface area contributed by atoms with E-state index in [0.29, 0.717) is 0 Å². The molecule has 0 radical (unpaired) electrons. The lowest BCUT2D eigenvalue weighted by Gasteiger charge is -2.26. The van der Waals surface area contributed by atoms with Crippen LogP contribution in [0.5, 0.6) is 0 Å². The van der Waals surface area contributed by atoms with Gasteiger partial charge in [-0.1, -0.05) is 32.6 Å². The van der Waals surface area contributed by atoms with Gasteiger partial charge < -0.3 is 10.6 Å². The maximum Gasteiger partial charge on any atom is 0.251 e. The Bertz CT molecular complexity index is 504. The fraction of sp³-hybridized carbons (Fsp3) is 0.611. The number of rotatable bonds is 4. The highest BCUT2D eigenvalue weighted by Crippen LogP contribution is 2.30. The molecular weight excluding hydrogens is 260 g/mol. The highest BCUT2D eigenvalue weighted by Gasteiger charge is 2.18. The van der Waals surface area contributed by atoms with Crippen LogP contribution >= 0.6 is 0 Å². The standard InChI is InChI=1S/C18H26N2O/c1-13-2-4-14(5-3-13)8-10-20-18(21)16-6-7-17-15(12-16)9-11-19-17/h6-7,12-14,19H,2-5,8-11H2,1H3,(H,20,21). The lowest BCUT2D eigenvalue weighted by atomic mass is 9.81. The van der Waals surface area contributed by atoms with E-state index in [4.69, 9.17) is 0 Å². The largest absolute Gasteiger partial charge is 0.384 e. The molecule has 0 bridgehead atoms. The quantitative estimate of drug-likeness (QED) is 0.888. The summed E-state index contributed by atoms with van der Waals surface area (Å²) in [5.74, 6) is 1.79. The van der Waals surface area contributed by atoms with E-state index in [0.717, 1.165) is 43.3 Å². The monoisotopic (exact) mass is 286 g/mol. The van der Waals surface area contributed by atoms with Gasteiger partial charge in [-0.15, -0.1) is 0 Å². The van der Waals surface area contributed by atoms with Crippen molar-refractivity contribution in [2.24, 2.45) is 11.8 Å². The van der Waals surface area contributed by atoms with Crippen molar-refractivity contribution in [3.8, 4) is 0 Å². The Morgan fingerprint density at radius 1 is 1.29 bits per heavy atom. The Labute approximate surface area is 127 Å². The molecular formula is C18H26N2O. The predicted octanol–water partition coefficient (Wildman–Crippen LogP) is 3.60. The first-order chi connectivity index (χ1) is 10.2. The number of carbonyl (C=O) groups is 1. The van der Waals surface area contributed by atoms with Gasteiger partial charge >= 0.3 is 0 Å². The first-order valence-electron chi connectivity index (χ1n) is 8.37. The first kappa shape index (κ1) is 14.4. The minimum Gasteiger partial charge on any atom is -0.384 e. The van der Waals surface area contributed by atoms with Crippen molar-refractivity contribution >= 4 is 11.6 Å². The molecule has 1 aliphatic heterocycles. The highest BCUT2D eigenvalue weighted by molar-refractivity contribution is 5.95. The number of anilines is 1. The van der Waals surface area contributed by atoms with Crippen LogP contribution in [0.4, 0.5) is 5.69 Å². The number of fused-ring (bicyclic) bond motifs is 1. The molecule has 3 heteroatoms. The van der Waals surface area contributed by atoms with Crippen molar-refractivity contribution in [1.29, 1.82) is 0 Å². The molecule has 1 aromatic rings. The summed E-state index contributed by atoms with van der Waals surface area (Å²) in [4.78, 5) is 12.2. The second kappa shape index (κ2) is 6.50. The Morgan fingerprint density at radius 2 is 2.10 bits per heavy atom. The molecule has 0 atom stereocenters. The molecule has 1 aromatic carbocycles. The van der Waals surface area contributed by atoms with Gasteiger partial charge in [0.2, 0.25) is 0 Å². The zero-order chi connectivity index (χ0) is 14.7. The van der Waals surface area contributed by atoms with Crippen LogP contribution in [-0.4, -0.2) is 19.0 Å². The molecule has 21 heavy (non-hydrogen) atoms. The van der Waals surface area contributed by atoms with Gasteiger partial charge in [-0.05, 0) is 48.4 Å². The molecule has 0 unspecified atom stereocenters. The van der Waals surface area contributed by atoms with Crippen LogP contribution in [0.3, 0.4) is 0 Å². The molecule has 1 saturated carbocycles. The summed E-state index contributed by atoms with van der Waals surface area (Å²) in [6.07, 6.45) is 7.54. The van der Waals surface area contributed by atoms with Gasteiger partial charge in [0, 0.05) is 24.3 Å². The van der Waals surface area contributed by atoms with Crippen LogP contribution in [0, 0.1) is 11.8 Å². The van der Waals surface area contributed by atoms with E-state index in [1.165, 1.54) is 36.9 Å². The number of carbonyl (C=O) groups excluding carboxylic acids is 1. The first-order valence-corrected chi connectivity index (χ1v) is 8.37. The zero-order valence-electron chi connectivity index (χ0n) is 13.0. The van der Waals surface area contributed by atoms with Crippen LogP contribution in [0.2, 0.25) is 0 Å². The summed E-state index contributed by atoms with van der Waals surface area (Å²) in [7, 11) is 0. The zero-order valence-corrected chi connectivity index (χ0v) is 13.0. The summed E-state index contributed by atoms with van der Waals surface area (Å²) in [6.45, 7) is 4.15. The minimum absolute atomic E-state index is 0.0777. The summed E-state index contributed by atoms with van der Waals surface area (Å²) in [5, 5.41) is 6.41. The molecule has 2 aliphatic rings. The van der Waals surface area contributed by atoms with E-state index >= 15 is 0 Å². The van der Waals surface area contributed by atoms with Crippen LogP contribution in [0.15, 0.2) is 18.2 Å². The van der Waals surface area contributed by atoms with E-state index in [2.05, 4.69) is 17.6 Å². The third-order valence-electron chi connectivity index (χ3n) is 5.05. The van der Waals surface area contributed by atoms with E-state index in [9.17, 15) is 4.79 Å². The molecule has 1 aliphatic carbocycles. The Kier molecular flexibility index (Phi) is 4.47. The van der Waals surface area contributed by atoms with E-state index < -0.39 is 0 Å². The van der Waals surface area contributed by atoms with E-state index in [1.807, 2.05) is 18.2 Å². The number of nitrogens with one attached hydrogen (secondary N) is 2. The molecule has 0 aromatic heterocycles. The van der Waals surface area contributed by atoms with Crippen molar-refractivity contribution in [3.05, 3.63) is 29.3 Å². The molecule has 0 spiro atoms. The second-order valence-corrected chi connectivity index (χ2v) is 6.72. The number of amides is 1. The molecule has 1 fully saturated rings. The topological polar surface area (TPSA) is 41.1 Å². The van der Waals surface area contributed by atoms with Gasteiger partial charge in [-0.25, -0.2) is 0 Å². The van der Waals surface area contributed by atoms with Gasteiger partial charge in [0.05, 0.1) is 0 Å². The smallest absolute Gasteiger partial charge is 0.251 e. The molecule has 1 heterocycles. The maximum atomic E-state index is 12.2. The molecule has 3 rings (SSSR count). The maximum absolute atomic E-state index is 12.2. The van der Waals surface area contributed by atoms with Gasteiger partial charge in [0.15, 0.2) is 0 Å². The Hall–Kier alpha value is -1.51. The fourth-order valence-corrected chi connectivity index (χ4v) is 3.56. The molecule has 0 saturated heterocycles. The van der Waals surface area contributed by atoms with Crippen molar-refractivity contribution in [3.63, 3.8) is 0 Å². The average molecular weight is 286 g/mol. The molecule has 1 amide bonds. The summed E-state index contributed by atoms with van der Waals surface area (Å²) < 4.78 is 0. The van der Waals surface area contributed by atoms with Gasteiger partial charge in [0.25, 0.3) is 5.91 Å². The van der Waals surface area contributed by atoms with Crippen molar-refractivity contribution in [2.75, 3.05) is 18.4 Å². The van der Waals surface area contributed by atoms with Gasteiger partial charge in [0.1, 0.15) is 0 Å². The summed E-state index contributed by atoms with van der Waals surface area (Å²) >= 11 is 0. The van der Waals surface area contributed by atoms with Crippen molar-refractivity contribution in [2.45, 2.75) is 45.4 Å². The van der Waals surface area contributed by atoms with Crippen molar-refractivity contribution in [1.82, 2.24) is 5.32 Å². The molecule has 2 N–H and O–H groups in total. The van der Waals surface area contributed by atoms with Crippen LogP contribution in [-0.2, 0) is 6.42 Å². The predicted molar refractivity (Wildman–Crippen MR) is 86.7 cm³/mol. The normalized spacial score (nSPS) is 24.2. The molecule has 3 nitrogen and oxygen atoms in total. The van der Waals surface area contributed by atoms with Crippen LogP contribution < -0.4 is 10.6 Å². The number of hydrogen-bond acceptors (Lipinski definition) is 2. The summed E-state index contributed by atoms with van der Waals surface area (Å²) in [5.41, 5.74) is 3.25. The third kappa shape index (κ3) is 3.58. The van der Waals surface area contributed by atoms with Crippen molar-refractivity contribution < 1.29 is 4.79 Å². The van der Waals surface area contributed by atoms with E-state index in [1.54, 1.807) is 0 Å². The summed E-state index contributed by atoms with van der Waals surface area (Å²) in [6, 6.07) is 5.99. The third-order valence-corrected chi connectivity index (χ3v) is 5.05. The number of hydrogen-bond donors (Lipinski definition) is 2. The highest BCUT2D eigenvalue weighted by atomic mass is 16.1. The lowest BCUT2D eigenvalue weighted by Crippen LogP contribution is -2.27. The Morgan fingerprint density at radius 3 is 2.90 bits per heavy atom. The lowest BCUT2D eigenvalue weighted by molar-refractivity contribution is 0.0949. The SMILES string of the molecule is CC1CCC(CCNC(=O)c2ccc3c(c2)CCN3)CC1. The van der Waals surface area contributed by atoms with Crippen LogP contribution in [0.1, 0.15) is 54.9 Å². The van der Waals surface area contributed by atoms with Crippen LogP contribution in [0.25, 0.3) is 0 Å².